The van der Waals surface area contributed by atoms with E-state index in [9.17, 15) is 14.4 Å². The zero-order valence-corrected chi connectivity index (χ0v) is 15.8. The number of esters is 2. The lowest BCUT2D eigenvalue weighted by Gasteiger charge is -2.35. The summed E-state index contributed by atoms with van der Waals surface area (Å²) in [6.07, 6.45) is 1.63. The Morgan fingerprint density at radius 3 is 2.64 bits per heavy atom. The molecule has 28 heavy (non-hydrogen) atoms. The molecule has 1 aromatic carbocycles. The number of carbonyl (C=O) groups excluding carboxylic acids is 3. The lowest BCUT2D eigenvalue weighted by molar-refractivity contribution is -0.164. The van der Waals surface area contributed by atoms with Crippen molar-refractivity contribution >= 4 is 29.9 Å². The first-order chi connectivity index (χ1) is 13.6. The number of ether oxygens (including phenoxy) is 2. The number of aliphatic imine (C=N–C) groups is 1. The number of Topliss-reactive ketones (excluding diaryl/α,β-unsaturated/α-hetero) is 1. The summed E-state index contributed by atoms with van der Waals surface area (Å²) < 4.78 is 9.98. The molecule has 0 spiro atoms. The van der Waals surface area contributed by atoms with Gasteiger partial charge in [0, 0.05) is 6.54 Å². The molecule has 0 aromatic heterocycles. The highest BCUT2D eigenvalue weighted by Gasteiger charge is 2.47. The number of benzene rings is 1. The zero-order valence-electron chi connectivity index (χ0n) is 15.8. The average Bonchev–Trinajstić information content (AvgIpc) is 3.23. The number of carbonyl (C=O) groups is 3. The van der Waals surface area contributed by atoms with Gasteiger partial charge < -0.3 is 14.8 Å². The van der Waals surface area contributed by atoms with Crippen molar-refractivity contribution in [3.8, 4) is 0 Å². The summed E-state index contributed by atoms with van der Waals surface area (Å²) in [5.74, 6) is -3.86. The summed E-state index contributed by atoms with van der Waals surface area (Å²) in [4.78, 5) is 42.2. The summed E-state index contributed by atoms with van der Waals surface area (Å²) in [5, 5.41) is 8.94. The van der Waals surface area contributed by atoms with Crippen LogP contribution in [0.25, 0.3) is 0 Å². The number of rotatable bonds is 6. The van der Waals surface area contributed by atoms with Gasteiger partial charge in [-0.2, -0.15) is 5.10 Å². The van der Waals surface area contributed by atoms with Gasteiger partial charge in [-0.25, -0.2) is 14.8 Å². The Labute approximate surface area is 162 Å². The maximum absolute atomic E-state index is 12.9. The van der Waals surface area contributed by atoms with E-state index in [2.05, 4.69) is 15.4 Å². The van der Waals surface area contributed by atoms with Gasteiger partial charge in [-0.15, -0.1) is 0 Å². The molecular weight excluding hydrogens is 364 g/mol. The minimum Gasteiger partial charge on any atom is -0.465 e. The normalized spacial score (nSPS) is 18.6. The summed E-state index contributed by atoms with van der Waals surface area (Å²) >= 11 is 0. The van der Waals surface area contributed by atoms with Crippen molar-refractivity contribution in [2.45, 2.75) is 19.9 Å². The van der Waals surface area contributed by atoms with Crippen LogP contribution in [-0.2, 0) is 23.9 Å². The number of hydrogen-bond donors (Lipinski definition) is 1. The summed E-state index contributed by atoms with van der Waals surface area (Å²) in [7, 11) is 0. The van der Waals surface area contributed by atoms with Crippen molar-refractivity contribution in [2.24, 2.45) is 16.0 Å². The van der Waals surface area contributed by atoms with Crippen molar-refractivity contribution in [2.75, 3.05) is 26.3 Å². The van der Waals surface area contributed by atoms with Crippen LogP contribution in [0.1, 0.15) is 31.0 Å². The van der Waals surface area contributed by atoms with E-state index in [1.807, 2.05) is 12.1 Å². The van der Waals surface area contributed by atoms with Gasteiger partial charge in [-0.1, -0.05) is 24.3 Å². The molecule has 0 aliphatic carbocycles. The van der Waals surface area contributed by atoms with Crippen molar-refractivity contribution in [1.82, 2.24) is 10.3 Å². The van der Waals surface area contributed by atoms with Gasteiger partial charge in [0.15, 0.2) is 5.92 Å². The lowest BCUT2D eigenvalue weighted by Crippen LogP contribution is -2.48. The van der Waals surface area contributed by atoms with Gasteiger partial charge in [0.25, 0.3) is 5.78 Å². The smallest absolute Gasteiger partial charge is 0.375 e. The Morgan fingerprint density at radius 2 is 1.96 bits per heavy atom. The Kier molecular flexibility index (Phi) is 6.03. The zero-order chi connectivity index (χ0) is 20.1. The third-order valence-electron chi connectivity index (χ3n) is 4.39. The number of guanidine groups is 1. The molecule has 1 aromatic rings. The molecule has 0 fully saturated rings. The Balaban J connectivity index is 2.09. The minimum atomic E-state index is -1.44. The third kappa shape index (κ3) is 3.73. The molecule has 9 nitrogen and oxygen atoms in total. The molecule has 2 unspecified atom stereocenters. The standard InChI is InChI=1S/C19H22N4O5/c1-3-27-17(25)14(16(24)18(26)28-4-2)15-13-8-6-5-7-12(13)11-22-23(15)19-20-9-10-21-19/h5-8,11,14-15H,3-4,9-10H2,1-2H3,(H,20,21). The Bertz CT molecular complexity index is 835. The molecule has 2 atom stereocenters. The van der Waals surface area contributed by atoms with Crippen molar-refractivity contribution in [3.63, 3.8) is 0 Å². The summed E-state index contributed by atoms with van der Waals surface area (Å²) in [6.45, 7) is 4.49. The molecule has 3 rings (SSSR count). The Hall–Kier alpha value is -3.23. The predicted molar refractivity (Wildman–Crippen MR) is 101 cm³/mol. The second-order valence-electron chi connectivity index (χ2n) is 6.11. The number of fused-ring (bicyclic) bond motifs is 1. The molecule has 9 heteroatoms. The highest BCUT2D eigenvalue weighted by atomic mass is 16.5. The Morgan fingerprint density at radius 1 is 1.21 bits per heavy atom. The molecule has 0 saturated carbocycles. The van der Waals surface area contributed by atoms with Crippen LogP contribution in [0.4, 0.5) is 0 Å². The molecule has 0 amide bonds. The fraction of sp³-hybridized carbons (Fsp3) is 0.421. The highest BCUT2D eigenvalue weighted by Crippen LogP contribution is 2.36. The monoisotopic (exact) mass is 386 g/mol. The van der Waals surface area contributed by atoms with Crippen molar-refractivity contribution in [3.05, 3.63) is 35.4 Å². The van der Waals surface area contributed by atoms with Crippen LogP contribution in [0.3, 0.4) is 0 Å². The van der Waals surface area contributed by atoms with E-state index in [0.29, 0.717) is 24.6 Å². The van der Waals surface area contributed by atoms with E-state index in [1.54, 1.807) is 32.2 Å². The van der Waals surface area contributed by atoms with E-state index in [1.165, 1.54) is 5.01 Å². The van der Waals surface area contributed by atoms with Crippen LogP contribution in [0.5, 0.6) is 0 Å². The summed E-state index contributed by atoms with van der Waals surface area (Å²) in [5.41, 5.74) is 1.41. The number of nitrogens with zero attached hydrogens (tertiary/aromatic N) is 3. The molecule has 2 heterocycles. The maximum Gasteiger partial charge on any atom is 0.375 e. The van der Waals surface area contributed by atoms with Gasteiger partial charge in [0.2, 0.25) is 5.96 Å². The van der Waals surface area contributed by atoms with E-state index in [-0.39, 0.29) is 13.2 Å². The van der Waals surface area contributed by atoms with Gasteiger partial charge in [0.05, 0.1) is 26.0 Å². The molecule has 0 saturated heterocycles. The minimum absolute atomic E-state index is 0.0253. The molecule has 1 N–H and O–H groups in total. The second-order valence-corrected chi connectivity index (χ2v) is 6.11. The van der Waals surface area contributed by atoms with Crippen LogP contribution >= 0.6 is 0 Å². The molecule has 0 bridgehead atoms. The van der Waals surface area contributed by atoms with Crippen molar-refractivity contribution in [1.29, 1.82) is 0 Å². The molecule has 2 aliphatic heterocycles. The predicted octanol–water partition coefficient (Wildman–Crippen LogP) is 0.648. The second kappa shape index (κ2) is 8.64. The quantitative estimate of drug-likeness (QED) is 0.434. The van der Waals surface area contributed by atoms with E-state index >= 15 is 0 Å². The molecule has 0 radical (unpaired) electrons. The number of hydrogen-bond acceptors (Lipinski definition) is 9. The largest absolute Gasteiger partial charge is 0.465 e. The van der Waals surface area contributed by atoms with Crippen molar-refractivity contribution < 1.29 is 23.9 Å². The fourth-order valence-electron chi connectivity index (χ4n) is 3.21. The van der Waals surface area contributed by atoms with Crippen LogP contribution in [0.2, 0.25) is 0 Å². The maximum atomic E-state index is 12.9. The van der Waals surface area contributed by atoms with Crippen LogP contribution < -0.4 is 5.32 Å². The van der Waals surface area contributed by atoms with E-state index < -0.39 is 29.7 Å². The van der Waals surface area contributed by atoms with Crippen LogP contribution in [0, 0.1) is 5.92 Å². The fourth-order valence-corrected chi connectivity index (χ4v) is 3.21. The molecule has 2 aliphatic rings. The molecule has 148 valence electrons. The topological polar surface area (TPSA) is 110 Å². The van der Waals surface area contributed by atoms with Gasteiger partial charge in [-0.3, -0.25) is 9.59 Å². The third-order valence-corrected chi connectivity index (χ3v) is 4.39. The van der Waals surface area contributed by atoms with Crippen LogP contribution in [0.15, 0.2) is 34.4 Å². The molecular formula is C19H22N4O5. The number of nitrogens with one attached hydrogen (secondary N) is 1. The highest BCUT2D eigenvalue weighted by molar-refractivity contribution is 6.38. The van der Waals surface area contributed by atoms with Gasteiger partial charge in [-0.05, 0) is 25.0 Å². The van der Waals surface area contributed by atoms with Crippen LogP contribution in [-0.4, -0.2) is 61.2 Å². The average molecular weight is 386 g/mol. The first-order valence-electron chi connectivity index (χ1n) is 9.16. The van der Waals surface area contributed by atoms with E-state index in [0.717, 1.165) is 5.56 Å². The number of hydrazone groups is 1. The van der Waals surface area contributed by atoms with Gasteiger partial charge >= 0.3 is 11.9 Å². The van der Waals surface area contributed by atoms with Gasteiger partial charge in [0.1, 0.15) is 6.04 Å². The number of ketones is 1. The lowest BCUT2D eigenvalue weighted by atomic mass is 9.86. The first-order valence-corrected chi connectivity index (χ1v) is 9.16. The summed E-state index contributed by atoms with van der Waals surface area (Å²) in [6, 6.07) is 6.35. The van der Waals surface area contributed by atoms with E-state index in [4.69, 9.17) is 9.47 Å². The first kappa shape index (κ1) is 19.5. The SMILES string of the molecule is CCOC(=O)C(=O)C(C(=O)OCC)C1c2ccccc2C=NN1C1=NCCN1.